The van der Waals surface area contributed by atoms with Crippen LogP contribution in [0, 0.1) is 5.92 Å². The van der Waals surface area contributed by atoms with Gasteiger partial charge in [0.15, 0.2) is 0 Å². The Morgan fingerprint density at radius 1 is 0.630 bits per heavy atom. The van der Waals surface area contributed by atoms with Crippen LogP contribution >= 0.6 is 0 Å². The molecular weight excluding hydrogens is 324 g/mol. The predicted octanol–water partition coefficient (Wildman–Crippen LogP) is 6.97. The molecule has 4 aromatic carbocycles. The summed E-state index contributed by atoms with van der Waals surface area (Å²) < 4.78 is 0. The van der Waals surface area contributed by atoms with Gasteiger partial charge in [-0.2, -0.15) is 0 Å². The van der Waals surface area contributed by atoms with E-state index >= 15 is 0 Å². The van der Waals surface area contributed by atoms with Crippen molar-refractivity contribution < 1.29 is 0 Å². The smallest absolute Gasteiger partial charge is 0.00577 e. The molecule has 6 rings (SSSR count). The number of rotatable bonds is 0. The molecule has 2 aliphatic rings. The fraction of sp³-hybridized carbons (Fsp3) is 0.111. The Balaban J connectivity index is 1.78. The van der Waals surface area contributed by atoms with Crippen molar-refractivity contribution in [3.63, 3.8) is 0 Å². The molecule has 0 radical (unpaired) electrons. The van der Waals surface area contributed by atoms with E-state index in [0.717, 1.165) is 6.42 Å². The zero-order chi connectivity index (χ0) is 18.0. The monoisotopic (exact) mass is 344 g/mol. The lowest BCUT2D eigenvalue weighted by Crippen LogP contribution is -1.96. The van der Waals surface area contributed by atoms with E-state index < -0.39 is 0 Å². The minimum absolute atomic E-state index is 0.528. The molecule has 128 valence electrons. The molecule has 0 amide bonds. The van der Waals surface area contributed by atoms with Gasteiger partial charge in [0.25, 0.3) is 0 Å². The van der Waals surface area contributed by atoms with E-state index in [1.807, 2.05) is 0 Å². The first-order valence-electron chi connectivity index (χ1n) is 9.77. The third kappa shape index (κ3) is 1.99. The summed E-state index contributed by atoms with van der Waals surface area (Å²) in [4.78, 5) is 0. The molecule has 1 atom stereocenters. The van der Waals surface area contributed by atoms with Crippen LogP contribution in [0.3, 0.4) is 0 Å². The molecule has 0 unspecified atom stereocenters. The Bertz CT molecular complexity index is 1210. The Morgan fingerprint density at radius 2 is 1.22 bits per heavy atom. The maximum Gasteiger partial charge on any atom is -0.00577 e. The Hall–Kier alpha value is -3.12. The fourth-order valence-corrected chi connectivity index (χ4v) is 5.16. The van der Waals surface area contributed by atoms with E-state index in [1.165, 1.54) is 55.3 Å². The standard InChI is InChI=1S/C27H20/c1-17-16-19-15-14-18-8-2-3-9-20(18)26(19)25(17)27-23-12-6-4-10-21(23)22-11-5-7-13-24(22)27/h2-15,17H,16H2,1H3/t17-/m1/s1. The number of fused-ring (bicyclic) bond motifs is 6. The average Bonchev–Trinajstić information content (AvgIpc) is 3.22. The molecule has 0 nitrogen and oxygen atoms in total. The van der Waals surface area contributed by atoms with Crippen LogP contribution in [0.5, 0.6) is 0 Å². The lowest BCUT2D eigenvalue weighted by atomic mass is 9.88. The summed E-state index contributed by atoms with van der Waals surface area (Å²) in [7, 11) is 0. The van der Waals surface area contributed by atoms with Crippen molar-refractivity contribution in [3.05, 3.63) is 107 Å². The van der Waals surface area contributed by atoms with Gasteiger partial charge in [-0.1, -0.05) is 91.9 Å². The van der Waals surface area contributed by atoms with Crippen molar-refractivity contribution in [2.75, 3.05) is 0 Å². The molecule has 0 saturated carbocycles. The Morgan fingerprint density at radius 3 is 1.93 bits per heavy atom. The molecule has 0 heterocycles. The molecule has 0 aliphatic heterocycles. The second-order valence-corrected chi connectivity index (χ2v) is 7.81. The third-order valence-electron chi connectivity index (χ3n) is 6.26. The summed E-state index contributed by atoms with van der Waals surface area (Å²) >= 11 is 0. The fourth-order valence-electron chi connectivity index (χ4n) is 5.16. The lowest BCUT2D eigenvalue weighted by Gasteiger charge is -2.15. The summed E-state index contributed by atoms with van der Waals surface area (Å²) in [5.74, 6) is 0.528. The first-order valence-corrected chi connectivity index (χ1v) is 9.77. The van der Waals surface area contributed by atoms with Crippen LogP contribution < -0.4 is 0 Å². The van der Waals surface area contributed by atoms with Gasteiger partial charge in [0.2, 0.25) is 0 Å². The van der Waals surface area contributed by atoms with Crippen LogP contribution in [-0.4, -0.2) is 0 Å². The van der Waals surface area contributed by atoms with Crippen molar-refractivity contribution in [2.24, 2.45) is 5.92 Å². The van der Waals surface area contributed by atoms with Crippen molar-refractivity contribution in [3.8, 4) is 11.1 Å². The highest BCUT2D eigenvalue weighted by molar-refractivity contribution is 6.14. The summed E-state index contributed by atoms with van der Waals surface area (Å²) in [5, 5.41) is 2.73. The molecule has 0 aromatic heterocycles. The van der Waals surface area contributed by atoms with Gasteiger partial charge in [-0.05, 0) is 67.6 Å². The molecule has 0 N–H and O–H groups in total. The quantitative estimate of drug-likeness (QED) is 0.284. The van der Waals surface area contributed by atoms with E-state index in [0.29, 0.717) is 5.92 Å². The van der Waals surface area contributed by atoms with E-state index in [2.05, 4.69) is 91.9 Å². The summed E-state index contributed by atoms with van der Waals surface area (Å²) in [5.41, 5.74) is 11.5. The Kier molecular flexibility index (Phi) is 3.02. The van der Waals surface area contributed by atoms with Crippen LogP contribution in [0.15, 0.2) is 84.9 Å². The largest absolute Gasteiger partial charge is 0.0616 e. The lowest BCUT2D eigenvalue weighted by molar-refractivity contribution is 0.782. The van der Waals surface area contributed by atoms with Gasteiger partial charge in [-0.25, -0.2) is 0 Å². The number of allylic oxidation sites excluding steroid dienone is 1. The summed E-state index contributed by atoms with van der Waals surface area (Å²) in [6, 6.07) is 31.3. The van der Waals surface area contributed by atoms with E-state index in [9.17, 15) is 0 Å². The molecule has 27 heavy (non-hydrogen) atoms. The first kappa shape index (κ1) is 15.0. The van der Waals surface area contributed by atoms with Gasteiger partial charge in [0.1, 0.15) is 0 Å². The average molecular weight is 344 g/mol. The Labute approximate surface area is 159 Å². The molecule has 4 aromatic rings. The topological polar surface area (TPSA) is 0 Å². The van der Waals surface area contributed by atoms with E-state index in [4.69, 9.17) is 0 Å². The first-order chi connectivity index (χ1) is 13.3. The predicted molar refractivity (Wildman–Crippen MR) is 115 cm³/mol. The molecule has 0 fully saturated rings. The van der Waals surface area contributed by atoms with Crippen LogP contribution in [0.4, 0.5) is 0 Å². The molecule has 0 saturated heterocycles. The maximum atomic E-state index is 2.39. The zero-order valence-corrected chi connectivity index (χ0v) is 15.4. The number of benzene rings is 4. The van der Waals surface area contributed by atoms with Gasteiger partial charge in [0.05, 0.1) is 0 Å². The van der Waals surface area contributed by atoms with Gasteiger partial charge in [0, 0.05) is 0 Å². The van der Waals surface area contributed by atoms with Crippen molar-refractivity contribution >= 4 is 21.9 Å². The highest BCUT2D eigenvalue weighted by atomic mass is 14.4. The van der Waals surface area contributed by atoms with Crippen LogP contribution in [0.1, 0.15) is 29.2 Å². The van der Waals surface area contributed by atoms with Crippen LogP contribution in [0.2, 0.25) is 0 Å². The van der Waals surface area contributed by atoms with Gasteiger partial charge in [-0.15, -0.1) is 0 Å². The minimum Gasteiger partial charge on any atom is -0.0616 e. The minimum atomic E-state index is 0.528. The molecular formula is C27H20. The number of hydrogen-bond donors (Lipinski definition) is 0. The maximum absolute atomic E-state index is 2.39. The van der Waals surface area contributed by atoms with Crippen LogP contribution in [0.25, 0.3) is 33.0 Å². The normalized spacial score (nSPS) is 17.1. The molecule has 0 bridgehead atoms. The van der Waals surface area contributed by atoms with Gasteiger partial charge in [-0.3, -0.25) is 0 Å². The second-order valence-electron chi connectivity index (χ2n) is 7.81. The van der Waals surface area contributed by atoms with Crippen LogP contribution in [-0.2, 0) is 6.42 Å². The summed E-state index contributed by atoms with van der Waals surface area (Å²) in [6.45, 7) is 2.39. The van der Waals surface area contributed by atoms with E-state index in [-0.39, 0.29) is 0 Å². The molecule has 0 heteroatoms. The molecule has 2 aliphatic carbocycles. The van der Waals surface area contributed by atoms with Crippen molar-refractivity contribution in [2.45, 2.75) is 13.3 Å². The van der Waals surface area contributed by atoms with Gasteiger partial charge < -0.3 is 0 Å². The SMILES string of the molecule is C[C@@H]1Cc2ccc3ccccc3c2C1=C1c2ccccc2-c2ccccc21. The highest BCUT2D eigenvalue weighted by Crippen LogP contribution is 2.52. The third-order valence-corrected chi connectivity index (χ3v) is 6.26. The highest BCUT2D eigenvalue weighted by Gasteiger charge is 2.33. The summed E-state index contributed by atoms with van der Waals surface area (Å²) in [6.07, 6.45) is 1.13. The zero-order valence-electron chi connectivity index (χ0n) is 15.4. The van der Waals surface area contributed by atoms with Gasteiger partial charge >= 0.3 is 0 Å². The molecule has 0 spiro atoms. The van der Waals surface area contributed by atoms with Crippen molar-refractivity contribution in [1.29, 1.82) is 0 Å². The number of hydrogen-bond acceptors (Lipinski definition) is 0. The van der Waals surface area contributed by atoms with Crippen molar-refractivity contribution in [1.82, 2.24) is 0 Å². The second kappa shape index (κ2) is 5.44. The van der Waals surface area contributed by atoms with E-state index in [1.54, 1.807) is 0 Å².